The lowest BCUT2D eigenvalue weighted by atomic mass is 10.0. The van der Waals surface area contributed by atoms with Crippen molar-refractivity contribution in [3.05, 3.63) is 47.3 Å². The van der Waals surface area contributed by atoms with E-state index in [9.17, 15) is 4.79 Å². The van der Waals surface area contributed by atoms with Gasteiger partial charge in [0.15, 0.2) is 0 Å². The van der Waals surface area contributed by atoms with E-state index in [1.807, 2.05) is 16.8 Å². The summed E-state index contributed by atoms with van der Waals surface area (Å²) in [6.45, 7) is 9.64. The molecule has 28 heavy (non-hydrogen) atoms. The fourth-order valence-electron chi connectivity index (χ4n) is 3.92. The normalized spacial score (nSPS) is 17.4. The molecule has 3 rings (SSSR count). The van der Waals surface area contributed by atoms with Crippen LogP contribution >= 0.6 is 0 Å². The van der Waals surface area contributed by atoms with E-state index >= 15 is 0 Å². The molecule has 0 radical (unpaired) electrons. The second-order valence-corrected chi connectivity index (χ2v) is 7.88. The molecule has 0 saturated carbocycles. The van der Waals surface area contributed by atoms with E-state index in [4.69, 9.17) is 4.74 Å². The average Bonchev–Trinajstić information content (AvgIpc) is 3.32. The Morgan fingerprint density at radius 3 is 2.75 bits per heavy atom. The van der Waals surface area contributed by atoms with Crippen LogP contribution in [0.1, 0.15) is 54.2 Å². The zero-order valence-corrected chi connectivity index (χ0v) is 17.4. The van der Waals surface area contributed by atoms with Gasteiger partial charge in [0.2, 0.25) is 0 Å². The summed E-state index contributed by atoms with van der Waals surface area (Å²) in [6.07, 6.45) is 3.98. The lowest BCUT2D eigenvalue weighted by Crippen LogP contribution is -2.41. The fourth-order valence-corrected chi connectivity index (χ4v) is 3.92. The molecule has 0 spiro atoms. The first-order valence-corrected chi connectivity index (χ1v) is 10.2. The SMILES string of the molecule is COCCN1CCCC1CNC(=O)c1cnn(-c2ccc(C)cc2)c1C(C)C. The number of amides is 1. The van der Waals surface area contributed by atoms with Crippen molar-refractivity contribution >= 4 is 5.91 Å². The summed E-state index contributed by atoms with van der Waals surface area (Å²) < 4.78 is 7.09. The molecule has 1 aromatic carbocycles. The molecule has 1 saturated heterocycles. The van der Waals surface area contributed by atoms with Crippen LogP contribution < -0.4 is 5.32 Å². The highest BCUT2D eigenvalue weighted by Crippen LogP contribution is 2.23. The van der Waals surface area contributed by atoms with E-state index in [1.54, 1.807) is 13.3 Å². The molecule has 1 N–H and O–H groups in total. The van der Waals surface area contributed by atoms with Gasteiger partial charge in [-0.2, -0.15) is 5.10 Å². The van der Waals surface area contributed by atoms with E-state index < -0.39 is 0 Å². The number of ether oxygens (including phenoxy) is 1. The third-order valence-corrected chi connectivity index (χ3v) is 5.46. The van der Waals surface area contributed by atoms with Gasteiger partial charge < -0.3 is 10.1 Å². The van der Waals surface area contributed by atoms with Gasteiger partial charge in [-0.25, -0.2) is 4.68 Å². The van der Waals surface area contributed by atoms with Gasteiger partial charge in [-0.3, -0.25) is 9.69 Å². The lowest BCUT2D eigenvalue weighted by molar-refractivity contribution is 0.0931. The Hall–Kier alpha value is -2.18. The van der Waals surface area contributed by atoms with Crippen molar-refractivity contribution < 1.29 is 9.53 Å². The van der Waals surface area contributed by atoms with Crippen LogP contribution in [0.2, 0.25) is 0 Å². The molecule has 0 aliphatic carbocycles. The lowest BCUT2D eigenvalue weighted by Gasteiger charge is -2.24. The summed E-state index contributed by atoms with van der Waals surface area (Å²) in [4.78, 5) is 15.3. The number of benzene rings is 1. The zero-order chi connectivity index (χ0) is 20.1. The number of nitrogens with zero attached hydrogens (tertiary/aromatic N) is 3. The molecular weight excluding hydrogens is 352 g/mol. The first-order chi connectivity index (χ1) is 13.5. The first kappa shape index (κ1) is 20.6. The number of rotatable bonds is 8. The largest absolute Gasteiger partial charge is 0.383 e. The predicted octanol–water partition coefficient (Wildman–Crippen LogP) is 3.14. The van der Waals surface area contributed by atoms with Crippen molar-refractivity contribution in [2.24, 2.45) is 0 Å². The van der Waals surface area contributed by atoms with E-state index in [1.165, 1.54) is 12.0 Å². The maximum Gasteiger partial charge on any atom is 0.254 e. The molecular formula is C22H32N4O2. The quantitative estimate of drug-likeness (QED) is 0.760. The van der Waals surface area contributed by atoms with Crippen LogP contribution in [0.4, 0.5) is 0 Å². The highest BCUT2D eigenvalue weighted by molar-refractivity contribution is 5.95. The molecule has 6 heteroatoms. The number of carbonyl (C=O) groups is 1. The number of methoxy groups -OCH3 is 1. The van der Waals surface area contributed by atoms with E-state index in [0.717, 1.165) is 37.5 Å². The summed E-state index contributed by atoms with van der Waals surface area (Å²) in [5, 5.41) is 7.66. The van der Waals surface area contributed by atoms with Gasteiger partial charge in [0.25, 0.3) is 5.91 Å². The van der Waals surface area contributed by atoms with Crippen molar-refractivity contribution in [1.82, 2.24) is 20.0 Å². The van der Waals surface area contributed by atoms with Gasteiger partial charge in [0.05, 0.1) is 29.7 Å². The Balaban J connectivity index is 1.72. The van der Waals surface area contributed by atoms with Gasteiger partial charge in [0.1, 0.15) is 0 Å². The summed E-state index contributed by atoms with van der Waals surface area (Å²) >= 11 is 0. The smallest absolute Gasteiger partial charge is 0.254 e. The molecule has 1 fully saturated rings. The molecule has 1 amide bonds. The predicted molar refractivity (Wildman–Crippen MR) is 111 cm³/mol. The second-order valence-electron chi connectivity index (χ2n) is 7.88. The maximum atomic E-state index is 12.9. The third-order valence-electron chi connectivity index (χ3n) is 5.46. The minimum atomic E-state index is -0.0411. The average molecular weight is 385 g/mol. The molecule has 1 atom stereocenters. The number of aryl methyl sites for hydroxylation is 1. The molecule has 1 aromatic heterocycles. The van der Waals surface area contributed by atoms with Crippen molar-refractivity contribution in [1.29, 1.82) is 0 Å². The summed E-state index contributed by atoms with van der Waals surface area (Å²) in [6, 6.07) is 8.60. The molecule has 152 valence electrons. The van der Waals surface area contributed by atoms with Crippen molar-refractivity contribution in [2.75, 3.05) is 33.4 Å². The van der Waals surface area contributed by atoms with Gasteiger partial charge in [-0.15, -0.1) is 0 Å². The highest BCUT2D eigenvalue weighted by Gasteiger charge is 2.26. The molecule has 1 unspecified atom stereocenters. The molecule has 0 bridgehead atoms. The summed E-state index contributed by atoms with van der Waals surface area (Å²) in [5.41, 5.74) is 3.80. The van der Waals surface area contributed by atoms with E-state index in [2.05, 4.69) is 48.2 Å². The van der Waals surface area contributed by atoms with Crippen molar-refractivity contribution in [2.45, 2.75) is 45.6 Å². The van der Waals surface area contributed by atoms with E-state index in [0.29, 0.717) is 18.2 Å². The number of likely N-dealkylation sites (tertiary alicyclic amines) is 1. The minimum absolute atomic E-state index is 0.0411. The summed E-state index contributed by atoms with van der Waals surface area (Å²) in [5.74, 6) is 0.148. The molecule has 1 aliphatic heterocycles. The Kier molecular flexibility index (Phi) is 6.86. The van der Waals surface area contributed by atoms with Gasteiger partial charge >= 0.3 is 0 Å². The third kappa shape index (κ3) is 4.62. The van der Waals surface area contributed by atoms with Crippen LogP contribution in [0.3, 0.4) is 0 Å². The van der Waals surface area contributed by atoms with Crippen molar-refractivity contribution in [3.63, 3.8) is 0 Å². The minimum Gasteiger partial charge on any atom is -0.383 e. The maximum absolute atomic E-state index is 12.9. The Morgan fingerprint density at radius 1 is 1.32 bits per heavy atom. The highest BCUT2D eigenvalue weighted by atomic mass is 16.5. The fraction of sp³-hybridized carbons (Fsp3) is 0.545. The molecule has 1 aliphatic rings. The van der Waals surface area contributed by atoms with Crippen LogP contribution in [0.5, 0.6) is 0 Å². The Bertz CT molecular complexity index is 782. The molecule has 2 aromatic rings. The number of hydrogen-bond acceptors (Lipinski definition) is 4. The molecule has 2 heterocycles. The number of hydrogen-bond donors (Lipinski definition) is 1. The number of aromatic nitrogens is 2. The van der Waals surface area contributed by atoms with Crippen LogP contribution in [-0.4, -0.2) is 60.0 Å². The second kappa shape index (κ2) is 9.34. The summed E-state index contributed by atoms with van der Waals surface area (Å²) in [7, 11) is 1.73. The number of nitrogens with one attached hydrogen (secondary N) is 1. The Labute approximate surface area is 167 Å². The van der Waals surface area contributed by atoms with Crippen LogP contribution in [0.15, 0.2) is 30.5 Å². The van der Waals surface area contributed by atoms with Crippen molar-refractivity contribution in [3.8, 4) is 5.69 Å². The molecule has 6 nitrogen and oxygen atoms in total. The van der Waals surface area contributed by atoms with Gasteiger partial charge in [-0.05, 0) is 44.4 Å². The number of carbonyl (C=O) groups excluding carboxylic acids is 1. The van der Waals surface area contributed by atoms with E-state index in [-0.39, 0.29) is 11.8 Å². The first-order valence-electron chi connectivity index (χ1n) is 10.2. The standard InChI is InChI=1S/C22H32N4O2/c1-16(2)21-20(15-24-26(21)18-9-7-17(3)8-10-18)22(27)23-14-19-6-5-11-25(19)12-13-28-4/h7-10,15-16,19H,5-6,11-14H2,1-4H3,(H,23,27). The van der Waals surface area contributed by atoms with Crippen LogP contribution in [0.25, 0.3) is 5.69 Å². The van der Waals surface area contributed by atoms with Gasteiger partial charge in [-0.1, -0.05) is 31.5 Å². The van der Waals surface area contributed by atoms with Crippen LogP contribution in [0, 0.1) is 6.92 Å². The van der Waals surface area contributed by atoms with Gasteiger partial charge in [0, 0.05) is 26.2 Å². The zero-order valence-electron chi connectivity index (χ0n) is 17.4. The van der Waals surface area contributed by atoms with Crippen LogP contribution in [-0.2, 0) is 4.74 Å². The Morgan fingerprint density at radius 2 is 2.07 bits per heavy atom. The monoisotopic (exact) mass is 384 g/mol. The topological polar surface area (TPSA) is 59.4 Å².